The lowest BCUT2D eigenvalue weighted by Gasteiger charge is -2.29. The van der Waals surface area contributed by atoms with Gasteiger partial charge in [-0.1, -0.05) is 17.7 Å². The quantitative estimate of drug-likeness (QED) is 0.814. The molecular formula is C19H25N3O4S. The van der Waals surface area contributed by atoms with E-state index >= 15 is 0 Å². The first kappa shape index (κ1) is 19.6. The zero-order valence-corrected chi connectivity index (χ0v) is 16.6. The van der Waals surface area contributed by atoms with Crippen LogP contribution in [-0.2, 0) is 10.0 Å². The van der Waals surface area contributed by atoms with Gasteiger partial charge in [0.2, 0.25) is 21.8 Å². The van der Waals surface area contributed by atoms with Crippen LogP contribution in [0.15, 0.2) is 35.5 Å². The highest BCUT2D eigenvalue weighted by atomic mass is 32.2. The van der Waals surface area contributed by atoms with Crippen LogP contribution in [0.5, 0.6) is 11.8 Å². The molecule has 1 aliphatic carbocycles. The smallest absolute Gasteiger partial charge is 0.241 e. The minimum absolute atomic E-state index is 0.00623. The third-order valence-corrected chi connectivity index (χ3v) is 6.38. The summed E-state index contributed by atoms with van der Waals surface area (Å²) in [6.45, 7) is 3.77. The van der Waals surface area contributed by atoms with E-state index in [0.29, 0.717) is 29.5 Å². The van der Waals surface area contributed by atoms with E-state index < -0.39 is 10.0 Å². The van der Waals surface area contributed by atoms with Crippen LogP contribution in [-0.4, -0.2) is 37.6 Å². The summed E-state index contributed by atoms with van der Waals surface area (Å²) in [6.07, 6.45) is 5.99. The van der Waals surface area contributed by atoms with Crippen LogP contribution in [0.4, 0.5) is 0 Å². The fourth-order valence-corrected chi connectivity index (χ4v) is 4.87. The lowest BCUT2D eigenvalue weighted by molar-refractivity contribution is 0.136. The molecule has 7 nitrogen and oxygen atoms in total. The summed E-state index contributed by atoms with van der Waals surface area (Å²) in [5.74, 6) is 0.830. The van der Waals surface area contributed by atoms with Crippen molar-refractivity contribution in [2.45, 2.75) is 56.6 Å². The molecule has 0 amide bonds. The molecule has 3 rings (SSSR count). The topological polar surface area (TPSA) is 90.4 Å². The summed E-state index contributed by atoms with van der Waals surface area (Å²) < 4.78 is 39.2. The molecule has 1 fully saturated rings. The maximum Gasteiger partial charge on any atom is 0.241 e. The van der Waals surface area contributed by atoms with Crippen molar-refractivity contribution < 1.29 is 17.9 Å². The molecule has 146 valence electrons. The Balaban J connectivity index is 1.57. The lowest BCUT2D eigenvalue weighted by Crippen LogP contribution is -2.39. The zero-order chi connectivity index (χ0) is 19.4. The van der Waals surface area contributed by atoms with Gasteiger partial charge >= 0.3 is 0 Å². The Morgan fingerprint density at radius 3 is 2.44 bits per heavy atom. The average molecular weight is 391 g/mol. The molecule has 27 heavy (non-hydrogen) atoms. The third kappa shape index (κ3) is 4.95. The van der Waals surface area contributed by atoms with Gasteiger partial charge in [0.25, 0.3) is 0 Å². The molecule has 1 N–H and O–H groups in total. The summed E-state index contributed by atoms with van der Waals surface area (Å²) in [6, 6.07) is 5.28. The number of aromatic nitrogens is 2. The molecular weight excluding hydrogens is 366 g/mol. The van der Waals surface area contributed by atoms with Crippen molar-refractivity contribution in [1.29, 1.82) is 0 Å². The molecule has 0 radical (unpaired) electrons. The van der Waals surface area contributed by atoms with Crippen molar-refractivity contribution in [1.82, 2.24) is 14.7 Å². The Hall–Kier alpha value is -2.19. The first-order valence-electron chi connectivity index (χ1n) is 8.99. The van der Waals surface area contributed by atoms with Crippen LogP contribution in [0, 0.1) is 13.8 Å². The summed E-state index contributed by atoms with van der Waals surface area (Å²) in [7, 11) is -1.99. The van der Waals surface area contributed by atoms with Crippen molar-refractivity contribution >= 4 is 10.0 Å². The molecule has 1 aromatic heterocycles. The normalized spacial score (nSPS) is 20.3. The van der Waals surface area contributed by atoms with E-state index in [-0.39, 0.29) is 12.1 Å². The minimum atomic E-state index is -3.52. The Labute approximate surface area is 160 Å². The number of hydrogen-bond donors (Lipinski definition) is 1. The largest absolute Gasteiger partial charge is 0.480 e. The first-order chi connectivity index (χ1) is 12.9. The van der Waals surface area contributed by atoms with E-state index in [1.54, 1.807) is 12.3 Å². The van der Waals surface area contributed by atoms with Crippen LogP contribution < -0.4 is 14.2 Å². The van der Waals surface area contributed by atoms with E-state index in [1.165, 1.54) is 13.3 Å². The van der Waals surface area contributed by atoms with Crippen molar-refractivity contribution in [2.75, 3.05) is 7.11 Å². The molecule has 2 aromatic rings. The molecule has 1 saturated carbocycles. The van der Waals surface area contributed by atoms with Gasteiger partial charge in [0.05, 0.1) is 24.4 Å². The van der Waals surface area contributed by atoms with Crippen LogP contribution in [0.2, 0.25) is 0 Å². The maximum atomic E-state index is 12.7. The zero-order valence-electron chi connectivity index (χ0n) is 15.8. The van der Waals surface area contributed by atoms with E-state index in [0.717, 1.165) is 24.0 Å². The van der Waals surface area contributed by atoms with Crippen LogP contribution >= 0.6 is 0 Å². The van der Waals surface area contributed by atoms with Crippen molar-refractivity contribution in [3.8, 4) is 11.8 Å². The number of sulfonamides is 1. The summed E-state index contributed by atoms with van der Waals surface area (Å²) >= 11 is 0. The number of nitrogens with zero attached hydrogens (tertiary/aromatic N) is 2. The number of aryl methyl sites for hydroxylation is 2. The lowest BCUT2D eigenvalue weighted by atomic mass is 9.94. The highest BCUT2D eigenvalue weighted by Crippen LogP contribution is 2.25. The van der Waals surface area contributed by atoms with Gasteiger partial charge in [0, 0.05) is 6.04 Å². The summed E-state index contributed by atoms with van der Waals surface area (Å²) in [5.41, 5.74) is 1.81. The van der Waals surface area contributed by atoms with Gasteiger partial charge in [-0.3, -0.25) is 4.98 Å². The molecule has 0 bridgehead atoms. The molecule has 1 aliphatic rings. The second-order valence-corrected chi connectivity index (χ2v) is 8.56. The molecule has 0 saturated heterocycles. The van der Waals surface area contributed by atoms with Gasteiger partial charge in [0.15, 0.2) is 0 Å². The first-order valence-corrected chi connectivity index (χ1v) is 10.5. The third-order valence-electron chi connectivity index (χ3n) is 4.70. The fourth-order valence-electron chi connectivity index (χ4n) is 3.34. The van der Waals surface area contributed by atoms with Gasteiger partial charge < -0.3 is 9.47 Å². The molecule has 0 atom stereocenters. The highest BCUT2D eigenvalue weighted by molar-refractivity contribution is 7.89. The maximum absolute atomic E-state index is 12.7. The minimum Gasteiger partial charge on any atom is -0.480 e. The van der Waals surface area contributed by atoms with Gasteiger partial charge in [-0.25, -0.2) is 13.1 Å². The monoisotopic (exact) mass is 391 g/mol. The Morgan fingerprint density at radius 1 is 1.07 bits per heavy atom. The van der Waals surface area contributed by atoms with E-state index in [4.69, 9.17) is 9.47 Å². The van der Waals surface area contributed by atoms with Gasteiger partial charge in [-0.05, 0) is 51.2 Å². The number of rotatable bonds is 6. The van der Waals surface area contributed by atoms with Crippen LogP contribution in [0.25, 0.3) is 0 Å². The molecule has 1 aromatic carbocycles. The highest BCUT2D eigenvalue weighted by Gasteiger charge is 2.27. The van der Waals surface area contributed by atoms with Gasteiger partial charge in [-0.15, -0.1) is 0 Å². The van der Waals surface area contributed by atoms with E-state index in [1.807, 2.05) is 26.0 Å². The van der Waals surface area contributed by atoms with Crippen molar-refractivity contribution in [3.05, 3.63) is 41.7 Å². The fraction of sp³-hybridized carbons (Fsp3) is 0.474. The molecule has 0 aliphatic heterocycles. The Bertz CT molecular complexity index is 894. The molecule has 8 heteroatoms. The van der Waals surface area contributed by atoms with E-state index in [2.05, 4.69) is 14.7 Å². The number of nitrogens with one attached hydrogen (secondary N) is 1. The number of hydrogen-bond acceptors (Lipinski definition) is 6. The Kier molecular flexibility index (Phi) is 5.96. The average Bonchev–Trinajstić information content (AvgIpc) is 2.63. The predicted octanol–water partition coefficient (Wildman–Crippen LogP) is 2.77. The second kappa shape index (κ2) is 8.22. The Morgan fingerprint density at radius 2 is 1.78 bits per heavy atom. The SMILES string of the molecule is COc1cncc(OC2CCC(NS(=O)(=O)c3ccc(C)cc3C)CC2)n1. The number of methoxy groups -OCH3 is 1. The van der Waals surface area contributed by atoms with E-state index in [9.17, 15) is 8.42 Å². The van der Waals surface area contributed by atoms with Gasteiger partial charge in [0.1, 0.15) is 6.10 Å². The van der Waals surface area contributed by atoms with Crippen molar-refractivity contribution in [3.63, 3.8) is 0 Å². The van der Waals surface area contributed by atoms with Gasteiger partial charge in [-0.2, -0.15) is 4.98 Å². The summed E-state index contributed by atoms with van der Waals surface area (Å²) in [4.78, 5) is 8.58. The molecule has 0 unspecified atom stereocenters. The number of ether oxygens (including phenoxy) is 2. The molecule has 0 spiro atoms. The second-order valence-electron chi connectivity index (χ2n) is 6.88. The standard InChI is InChI=1S/C19H25N3O4S/c1-13-4-9-17(14(2)10-13)27(23,24)22-15-5-7-16(8-6-15)26-19-12-20-11-18(21-19)25-3/h4,9-12,15-16,22H,5-8H2,1-3H3. The van der Waals surface area contributed by atoms with Crippen LogP contribution in [0.1, 0.15) is 36.8 Å². The predicted molar refractivity (Wildman–Crippen MR) is 101 cm³/mol. The van der Waals surface area contributed by atoms with Crippen LogP contribution in [0.3, 0.4) is 0 Å². The van der Waals surface area contributed by atoms with Crippen molar-refractivity contribution in [2.24, 2.45) is 0 Å². The number of benzene rings is 1. The molecule has 1 heterocycles. The summed E-state index contributed by atoms with van der Waals surface area (Å²) in [5, 5.41) is 0.